The largest absolute Gasteiger partial charge is 0.248 e. The van der Waals surface area contributed by atoms with E-state index in [-0.39, 0.29) is 12.8 Å². The van der Waals surface area contributed by atoms with E-state index in [4.69, 9.17) is 0 Å². The second kappa shape index (κ2) is 3.79. The van der Waals surface area contributed by atoms with Crippen molar-refractivity contribution in [1.82, 2.24) is 0 Å². The Morgan fingerprint density at radius 1 is 1.00 bits per heavy atom. The van der Waals surface area contributed by atoms with Gasteiger partial charge in [-0.25, -0.2) is 8.78 Å². The highest BCUT2D eigenvalue weighted by Gasteiger charge is 2.45. The Labute approximate surface area is 85.1 Å². The Kier molecular flexibility index (Phi) is 2.81. The molecule has 0 aromatic rings. The van der Waals surface area contributed by atoms with Gasteiger partial charge in [0.1, 0.15) is 0 Å². The van der Waals surface area contributed by atoms with Crippen LogP contribution < -0.4 is 0 Å². The maximum atomic E-state index is 12.6. The van der Waals surface area contributed by atoms with E-state index in [1.54, 1.807) is 0 Å². The molecule has 0 amide bonds. The van der Waals surface area contributed by atoms with Gasteiger partial charge < -0.3 is 0 Å². The molecular weight excluding hydrogens is 182 g/mol. The van der Waals surface area contributed by atoms with Crippen LogP contribution >= 0.6 is 0 Å². The van der Waals surface area contributed by atoms with E-state index in [9.17, 15) is 8.78 Å². The number of hydrogen-bond acceptors (Lipinski definition) is 0. The molecule has 0 aromatic heterocycles. The highest BCUT2D eigenvalue weighted by molar-refractivity contribution is 4.88. The van der Waals surface area contributed by atoms with Gasteiger partial charge in [0.2, 0.25) is 5.92 Å². The fourth-order valence-electron chi connectivity index (χ4n) is 2.99. The van der Waals surface area contributed by atoms with Crippen LogP contribution in [0.25, 0.3) is 0 Å². The van der Waals surface area contributed by atoms with Crippen molar-refractivity contribution in [2.45, 2.75) is 57.8 Å². The first-order valence-electron chi connectivity index (χ1n) is 5.93. The number of halogens is 2. The molecule has 0 aromatic carbocycles. The summed E-state index contributed by atoms with van der Waals surface area (Å²) in [6, 6.07) is 0. The van der Waals surface area contributed by atoms with Gasteiger partial charge in [-0.15, -0.1) is 0 Å². The van der Waals surface area contributed by atoms with Crippen LogP contribution in [0.4, 0.5) is 8.78 Å². The zero-order chi connectivity index (χ0) is 10.2. The zero-order valence-electron chi connectivity index (χ0n) is 8.94. The minimum Gasteiger partial charge on any atom is -0.207 e. The molecule has 0 spiro atoms. The molecule has 2 rings (SSSR count). The molecule has 14 heavy (non-hydrogen) atoms. The van der Waals surface area contributed by atoms with Gasteiger partial charge in [-0.2, -0.15) is 0 Å². The summed E-state index contributed by atoms with van der Waals surface area (Å²) in [5.74, 6) is -0.350. The molecule has 0 saturated heterocycles. The monoisotopic (exact) mass is 202 g/mol. The van der Waals surface area contributed by atoms with Crippen LogP contribution in [0.3, 0.4) is 0 Å². The SMILES string of the molecule is CC1CCC(CC2CC(F)(F)C2)CC1. The third-order valence-electron chi connectivity index (χ3n) is 3.98. The number of hydrogen-bond donors (Lipinski definition) is 0. The quantitative estimate of drug-likeness (QED) is 0.628. The first kappa shape index (κ1) is 10.4. The van der Waals surface area contributed by atoms with Gasteiger partial charge in [0.25, 0.3) is 0 Å². The minimum atomic E-state index is -2.31. The van der Waals surface area contributed by atoms with Crippen molar-refractivity contribution in [3.63, 3.8) is 0 Å². The second-order valence-corrected chi connectivity index (χ2v) is 5.49. The van der Waals surface area contributed by atoms with E-state index < -0.39 is 5.92 Å². The fourth-order valence-corrected chi connectivity index (χ4v) is 2.99. The third kappa shape index (κ3) is 2.46. The molecule has 0 aliphatic heterocycles. The Hall–Kier alpha value is -0.140. The van der Waals surface area contributed by atoms with Crippen molar-refractivity contribution in [3.8, 4) is 0 Å². The highest BCUT2D eigenvalue weighted by atomic mass is 19.3. The van der Waals surface area contributed by atoms with Gasteiger partial charge in [0.05, 0.1) is 0 Å². The summed E-state index contributed by atoms with van der Waals surface area (Å²) in [5.41, 5.74) is 0. The molecule has 0 bridgehead atoms. The predicted octanol–water partition coefficient (Wildman–Crippen LogP) is 4.25. The maximum absolute atomic E-state index is 12.6. The topological polar surface area (TPSA) is 0 Å². The van der Waals surface area contributed by atoms with Gasteiger partial charge in [-0.3, -0.25) is 0 Å². The van der Waals surface area contributed by atoms with Crippen molar-refractivity contribution >= 4 is 0 Å². The summed E-state index contributed by atoms with van der Waals surface area (Å²) in [6.07, 6.45) is 6.59. The zero-order valence-corrected chi connectivity index (χ0v) is 8.94. The summed E-state index contributed by atoms with van der Waals surface area (Å²) in [7, 11) is 0. The van der Waals surface area contributed by atoms with Gasteiger partial charge in [0.15, 0.2) is 0 Å². The molecule has 0 N–H and O–H groups in total. The Balaban J connectivity index is 1.67. The Bertz CT molecular complexity index is 184. The van der Waals surface area contributed by atoms with Crippen LogP contribution in [0.2, 0.25) is 0 Å². The van der Waals surface area contributed by atoms with Crippen molar-refractivity contribution in [2.24, 2.45) is 17.8 Å². The summed E-state index contributed by atoms with van der Waals surface area (Å²) in [6.45, 7) is 2.30. The lowest BCUT2D eigenvalue weighted by Crippen LogP contribution is -2.36. The molecule has 2 fully saturated rings. The van der Waals surface area contributed by atoms with E-state index in [0.717, 1.165) is 18.3 Å². The van der Waals surface area contributed by atoms with Crippen LogP contribution in [0.5, 0.6) is 0 Å². The molecule has 0 radical (unpaired) electrons. The Morgan fingerprint density at radius 3 is 2.07 bits per heavy atom. The van der Waals surface area contributed by atoms with Crippen molar-refractivity contribution in [1.29, 1.82) is 0 Å². The minimum absolute atomic E-state index is 0.166. The van der Waals surface area contributed by atoms with Gasteiger partial charge in [-0.1, -0.05) is 32.6 Å². The van der Waals surface area contributed by atoms with E-state index >= 15 is 0 Å². The molecular formula is C12H20F2. The van der Waals surface area contributed by atoms with E-state index in [1.165, 1.54) is 25.7 Å². The number of alkyl halides is 2. The summed E-state index contributed by atoms with van der Waals surface area (Å²) in [5, 5.41) is 0. The van der Waals surface area contributed by atoms with Crippen LogP contribution in [-0.4, -0.2) is 5.92 Å². The predicted molar refractivity (Wildman–Crippen MR) is 53.4 cm³/mol. The standard InChI is InChI=1S/C12H20F2/c1-9-2-4-10(5-3-9)6-11-7-12(13,14)8-11/h9-11H,2-8H2,1H3. The molecule has 0 nitrogen and oxygen atoms in total. The number of rotatable bonds is 2. The second-order valence-electron chi connectivity index (χ2n) is 5.49. The molecule has 2 aliphatic rings. The van der Waals surface area contributed by atoms with Crippen LogP contribution in [0.15, 0.2) is 0 Å². The van der Waals surface area contributed by atoms with Crippen molar-refractivity contribution < 1.29 is 8.78 Å². The lowest BCUT2D eigenvalue weighted by atomic mass is 9.71. The highest BCUT2D eigenvalue weighted by Crippen LogP contribution is 2.47. The molecule has 0 heterocycles. The summed E-state index contributed by atoms with van der Waals surface area (Å²) in [4.78, 5) is 0. The maximum Gasteiger partial charge on any atom is 0.248 e. The van der Waals surface area contributed by atoms with Crippen LogP contribution in [-0.2, 0) is 0 Å². The molecule has 0 atom stereocenters. The normalized spacial score (nSPS) is 37.9. The summed E-state index contributed by atoms with van der Waals surface area (Å²) >= 11 is 0. The third-order valence-corrected chi connectivity index (χ3v) is 3.98. The van der Waals surface area contributed by atoms with E-state index in [2.05, 4.69) is 6.92 Å². The first-order chi connectivity index (χ1) is 6.55. The fraction of sp³-hybridized carbons (Fsp3) is 1.00. The average molecular weight is 202 g/mol. The molecule has 82 valence electrons. The van der Waals surface area contributed by atoms with Crippen LogP contribution in [0, 0.1) is 17.8 Å². The van der Waals surface area contributed by atoms with Crippen molar-refractivity contribution in [2.75, 3.05) is 0 Å². The average Bonchev–Trinajstić information content (AvgIpc) is 2.06. The van der Waals surface area contributed by atoms with Gasteiger partial charge >= 0.3 is 0 Å². The molecule has 2 aliphatic carbocycles. The molecule has 2 saturated carbocycles. The Morgan fingerprint density at radius 2 is 1.57 bits per heavy atom. The van der Waals surface area contributed by atoms with Gasteiger partial charge in [-0.05, 0) is 24.2 Å². The first-order valence-corrected chi connectivity index (χ1v) is 5.93. The van der Waals surface area contributed by atoms with Crippen molar-refractivity contribution in [3.05, 3.63) is 0 Å². The lowest BCUT2D eigenvalue weighted by molar-refractivity contribution is -0.116. The van der Waals surface area contributed by atoms with Crippen LogP contribution in [0.1, 0.15) is 51.9 Å². The summed E-state index contributed by atoms with van der Waals surface area (Å²) < 4.78 is 25.2. The van der Waals surface area contributed by atoms with E-state index in [0.29, 0.717) is 5.92 Å². The van der Waals surface area contributed by atoms with E-state index in [1.807, 2.05) is 0 Å². The lowest BCUT2D eigenvalue weighted by Gasteiger charge is -2.38. The molecule has 2 heteroatoms. The molecule has 0 unspecified atom stereocenters. The smallest absolute Gasteiger partial charge is 0.207 e. The van der Waals surface area contributed by atoms with Gasteiger partial charge in [0, 0.05) is 12.8 Å².